The van der Waals surface area contributed by atoms with E-state index < -0.39 is 15.3 Å². The molecule has 1 unspecified atom stereocenters. The largest absolute Gasteiger partial charge is 0.444 e. The first kappa shape index (κ1) is 14.1. The third kappa shape index (κ3) is 4.10. The van der Waals surface area contributed by atoms with Gasteiger partial charge in [0.05, 0.1) is 18.0 Å². The highest BCUT2D eigenvalue weighted by atomic mass is 32.2. The van der Waals surface area contributed by atoms with Gasteiger partial charge in [-0.15, -0.1) is 0 Å². The summed E-state index contributed by atoms with van der Waals surface area (Å²) in [6.45, 7) is 4.09. The van der Waals surface area contributed by atoms with Gasteiger partial charge in [-0.2, -0.15) is 0 Å². The molecular weight excluding hydrogens is 242 g/mol. The zero-order chi connectivity index (χ0) is 12.9. The Kier molecular flexibility index (Phi) is 5.10. The number of nitrogens with one attached hydrogen (secondary N) is 2. The number of aryl methyl sites for hydroxylation is 1. The van der Waals surface area contributed by atoms with Crippen molar-refractivity contribution < 1.29 is 12.8 Å². The van der Waals surface area contributed by atoms with Crippen molar-refractivity contribution in [1.82, 2.24) is 15.0 Å². The van der Waals surface area contributed by atoms with Crippen LogP contribution in [0.5, 0.6) is 0 Å². The predicted octanol–water partition coefficient (Wildman–Crippen LogP) is 0.264. The number of hydrogen-bond acceptors (Lipinski definition) is 5. The van der Waals surface area contributed by atoms with Crippen LogP contribution in [0.3, 0.4) is 0 Å². The highest BCUT2D eigenvalue weighted by Gasteiger charge is 2.20. The molecule has 0 aromatic carbocycles. The van der Waals surface area contributed by atoms with Crippen molar-refractivity contribution in [3.63, 3.8) is 0 Å². The number of nitrogens with zero attached hydrogens (tertiary/aromatic N) is 1. The normalized spacial score (nSPS) is 13.8. The van der Waals surface area contributed by atoms with E-state index in [1.165, 1.54) is 0 Å². The molecule has 0 aliphatic rings. The molecule has 6 nitrogen and oxygen atoms in total. The Morgan fingerprint density at radius 2 is 2.24 bits per heavy atom. The Morgan fingerprint density at radius 3 is 2.76 bits per heavy atom. The first-order valence-electron chi connectivity index (χ1n) is 5.56. The lowest BCUT2D eigenvalue weighted by Gasteiger charge is -2.12. The second-order valence-electron chi connectivity index (χ2n) is 3.81. The Balaban J connectivity index is 2.55. The van der Waals surface area contributed by atoms with Gasteiger partial charge in [0.1, 0.15) is 5.76 Å². The zero-order valence-electron chi connectivity index (χ0n) is 10.4. The third-order valence-corrected chi connectivity index (χ3v) is 4.17. The molecular formula is C10H19N3O3S. The van der Waals surface area contributed by atoms with Gasteiger partial charge >= 0.3 is 0 Å². The minimum atomic E-state index is -3.33. The standard InChI is InChI=1S/C10H19N3O3S/c1-4-9-6-12-10(16-9)7-13-17(14,15)8(2)5-11-3/h6,8,11,13H,4-5,7H2,1-3H3. The van der Waals surface area contributed by atoms with Gasteiger partial charge in [-0.05, 0) is 14.0 Å². The average molecular weight is 261 g/mol. The van der Waals surface area contributed by atoms with Gasteiger partial charge in [-0.25, -0.2) is 18.1 Å². The maximum atomic E-state index is 11.7. The number of sulfonamides is 1. The predicted molar refractivity (Wildman–Crippen MR) is 65.0 cm³/mol. The molecule has 0 aliphatic carbocycles. The van der Waals surface area contributed by atoms with E-state index >= 15 is 0 Å². The summed E-state index contributed by atoms with van der Waals surface area (Å²) >= 11 is 0. The minimum absolute atomic E-state index is 0.0936. The molecule has 7 heteroatoms. The molecule has 1 aromatic heterocycles. The number of hydrogen-bond donors (Lipinski definition) is 2. The molecule has 1 heterocycles. The van der Waals surface area contributed by atoms with Crippen molar-refractivity contribution in [1.29, 1.82) is 0 Å². The molecule has 1 rings (SSSR count). The van der Waals surface area contributed by atoms with Crippen LogP contribution in [-0.4, -0.2) is 32.2 Å². The molecule has 0 spiro atoms. The molecule has 0 bridgehead atoms. The lowest BCUT2D eigenvalue weighted by atomic mass is 10.4. The summed E-state index contributed by atoms with van der Waals surface area (Å²) in [5, 5.41) is 2.33. The van der Waals surface area contributed by atoms with Crippen molar-refractivity contribution in [2.75, 3.05) is 13.6 Å². The summed E-state index contributed by atoms with van der Waals surface area (Å²) in [6, 6.07) is 0. The Morgan fingerprint density at radius 1 is 1.53 bits per heavy atom. The van der Waals surface area contributed by atoms with E-state index in [1.807, 2.05) is 6.92 Å². The van der Waals surface area contributed by atoms with Crippen molar-refractivity contribution in [3.05, 3.63) is 17.8 Å². The summed E-state index contributed by atoms with van der Waals surface area (Å²) in [6.07, 6.45) is 2.36. The molecule has 0 aliphatic heterocycles. The molecule has 0 fully saturated rings. The average Bonchev–Trinajstić information content (AvgIpc) is 2.75. The van der Waals surface area contributed by atoms with Crippen LogP contribution in [0, 0.1) is 0 Å². The smallest absolute Gasteiger partial charge is 0.215 e. The Hall–Kier alpha value is -0.920. The van der Waals surface area contributed by atoms with Gasteiger partial charge < -0.3 is 9.73 Å². The number of aromatic nitrogens is 1. The molecule has 0 amide bonds. The van der Waals surface area contributed by atoms with E-state index in [-0.39, 0.29) is 6.54 Å². The van der Waals surface area contributed by atoms with Gasteiger partial charge in [0.25, 0.3) is 0 Å². The maximum absolute atomic E-state index is 11.7. The molecule has 98 valence electrons. The monoisotopic (exact) mass is 261 g/mol. The van der Waals surface area contributed by atoms with Crippen molar-refractivity contribution in [2.24, 2.45) is 0 Å². The van der Waals surface area contributed by atoms with Crippen LogP contribution in [0.2, 0.25) is 0 Å². The van der Waals surface area contributed by atoms with Gasteiger partial charge in [0.2, 0.25) is 15.9 Å². The van der Waals surface area contributed by atoms with Crippen LogP contribution < -0.4 is 10.0 Å². The summed E-state index contributed by atoms with van der Waals surface area (Å²) in [5.74, 6) is 1.14. The van der Waals surface area contributed by atoms with E-state index in [0.29, 0.717) is 12.4 Å². The van der Waals surface area contributed by atoms with E-state index in [0.717, 1.165) is 12.2 Å². The lowest BCUT2D eigenvalue weighted by Crippen LogP contribution is -2.37. The first-order valence-corrected chi connectivity index (χ1v) is 7.11. The zero-order valence-corrected chi connectivity index (χ0v) is 11.2. The topological polar surface area (TPSA) is 84.2 Å². The lowest BCUT2D eigenvalue weighted by molar-refractivity contribution is 0.451. The molecule has 1 aromatic rings. The Labute approximate surface area is 102 Å². The highest BCUT2D eigenvalue weighted by molar-refractivity contribution is 7.90. The fraction of sp³-hybridized carbons (Fsp3) is 0.700. The van der Waals surface area contributed by atoms with Crippen LogP contribution in [0.1, 0.15) is 25.5 Å². The molecule has 17 heavy (non-hydrogen) atoms. The van der Waals surface area contributed by atoms with Crippen LogP contribution in [-0.2, 0) is 23.0 Å². The van der Waals surface area contributed by atoms with Gasteiger partial charge in [0.15, 0.2) is 0 Å². The van der Waals surface area contributed by atoms with Crippen molar-refractivity contribution >= 4 is 10.0 Å². The second-order valence-corrected chi connectivity index (χ2v) is 5.99. The second kappa shape index (κ2) is 6.13. The van der Waals surface area contributed by atoms with Gasteiger partial charge in [-0.3, -0.25) is 0 Å². The van der Waals surface area contributed by atoms with Crippen LogP contribution in [0.15, 0.2) is 10.6 Å². The maximum Gasteiger partial charge on any atom is 0.215 e. The van der Waals surface area contributed by atoms with Crippen molar-refractivity contribution in [3.8, 4) is 0 Å². The number of rotatable bonds is 7. The molecule has 2 N–H and O–H groups in total. The van der Waals surface area contributed by atoms with E-state index in [4.69, 9.17) is 4.42 Å². The summed E-state index contributed by atoms with van der Waals surface area (Å²) < 4.78 is 31.3. The molecule has 0 saturated carbocycles. The fourth-order valence-corrected chi connectivity index (χ4v) is 2.29. The molecule has 0 saturated heterocycles. The number of oxazole rings is 1. The van der Waals surface area contributed by atoms with Gasteiger partial charge in [0, 0.05) is 13.0 Å². The van der Waals surface area contributed by atoms with E-state index in [2.05, 4.69) is 15.0 Å². The summed E-state index contributed by atoms with van der Waals surface area (Å²) in [7, 11) is -1.61. The van der Waals surface area contributed by atoms with E-state index in [9.17, 15) is 8.42 Å². The summed E-state index contributed by atoms with van der Waals surface area (Å²) in [4.78, 5) is 3.99. The molecule has 0 radical (unpaired) electrons. The SMILES string of the molecule is CCc1cnc(CNS(=O)(=O)C(C)CNC)o1. The van der Waals surface area contributed by atoms with Crippen LogP contribution in [0.25, 0.3) is 0 Å². The first-order chi connectivity index (χ1) is 7.99. The third-order valence-electron chi connectivity index (χ3n) is 2.40. The van der Waals surface area contributed by atoms with Crippen molar-refractivity contribution in [2.45, 2.75) is 32.1 Å². The van der Waals surface area contributed by atoms with Gasteiger partial charge in [-0.1, -0.05) is 6.92 Å². The fourth-order valence-electron chi connectivity index (χ4n) is 1.29. The summed E-state index contributed by atoms with van der Waals surface area (Å²) in [5.41, 5.74) is 0. The highest BCUT2D eigenvalue weighted by Crippen LogP contribution is 2.05. The van der Waals surface area contributed by atoms with Crippen LogP contribution in [0.4, 0.5) is 0 Å². The Bertz CT molecular complexity index is 441. The quantitative estimate of drug-likeness (QED) is 0.735. The molecule has 1 atom stereocenters. The minimum Gasteiger partial charge on any atom is -0.444 e. The van der Waals surface area contributed by atoms with E-state index in [1.54, 1.807) is 20.2 Å². The van der Waals surface area contributed by atoms with Crippen LogP contribution >= 0.6 is 0 Å².